The summed E-state index contributed by atoms with van der Waals surface area (Å²) in [5.41, 5.74) is 4.20. The van der Waals surface area contributed by atoms with Crippen molar-refractivity contribution in [3.63, 3.8) is 0 Å². The third kappa shape index (κ3) is 7.72. The van der Waals surface area contributed by atoms with Crippen molar-refractivity contribution in [1.29, 1.82) is 0 Å². The van der Waals surface area contributed by atoms with Crippen LogP contribution in [0.3, 0.4) is 0 Å². The summed E-state index contributed by atoms with van der Waals surface area (Å²) in [6, 6.07) is 13.6. The highest BCUT2D eigenvalue weighted by molar-refractivity contribution is 5.98. The Kier molecular flexibility index (Phi) is 11.2. The van der Waals surface area contributed by atoms with Crippen LogP contribution in [0.25, 0.3) is 11.0 Å². The van der Waals surface area contributed by atoms with Gasteiger partial charge in [-0.05, 0) is 94.2 Å². The molecule has 40 heavy (non-hydrogen) atoms. The van der Waals surface area contributed by atoms with E-state index >= 15 is 0 Å². The lowest BCUT2D eigenvalue weighted by atomic mass is 10.1. The van der Waals surface area contributed by atoms with Crippen LogP contribution in [0.4, 0.5) is 11.6 Å². The van der Waals surface area contributed by atoms with E-state index in [0.29, 0.717) is 6.42 Å². The molecule has 2 aromatic carbocycles. The molecule has 1 aromatic heterocycles. The summed E-state index contributed by atoms with van der Waals surface area (Å²) in [5, 5.41) is 3.49. The van der Waals surface area contributed by atoms with E-state index in [2.05, 4.69) is 28.6 Å². The average Bonchev–Trinajstić information content (AvgIpc) is 3.33. The van der Waals surface area contributed by atoms with Gasteiger partial charge in [0.1, 0.15) is 0 Å². The molecular weight excluding hydrogens is 498 g/mol. The first-order valence-corrected chi connectivity index (χ1v) is 15.5. The number of Topliss-reactive ketones (excluding diaryl/α,β-unsaturated/α-hetero) is 1. The van der Waals surface area contributed by atoms with Crippen LogP contribution in [-0.4, -0.2) is 63.8 Å². The van der Waals surface area contributed by atoms with Gasteiger partial charge in [-0.1, -0.05) is 40.0 Å². The van der Waals surface area contributed by atoms with Crippen molar-refractivity contribution >= 4 is 34.4 Å². The Balaban J connectivity index is 1.61. The Labute approximate surface area is 239 Å². The van der Waals surface area contributed by atoms with Crippen LogP contribution in [0.15, 0.2) is 42.5 Å². The summed E-state index contributed by atoms with van der Waals surface area (Å²) in [4.78, 5) is 35.2. The molecule has 0 atom stereocenters. The first kappa shape index (κ1) is 29.8. The molecule has 1 N–H and O–H groups in total. The van der Waals surface area contributed by atoms with Crippen LogP contribution in [0.1, 0.15) is 99.3 Å². The summed E-state index contributed by atoms with van der Waals surface area (Å²) < 4.78 is 2.23. The zero-order valence-electron chi connectivity index (χ0n) is 24.8. The number of benzene rings is 2. The molecule has 0 aliphatic carbocycles. The number of amides is 1. The van der Waals surface area contributed by atoms with Crippen LogP contribution >= 0.6 is 0 Å². The predicted octanol–water partition coefficient (Wildman–Crippen LogP) is 7.29. The Morgan fingerprint density at radius 1 is 0.850 bits per heavy atom. The SMILES string of the molecule is CCCCN(CCCC)C(=O)c1ccc2nc(Nc3ccc(C(=O)CC)cc3)n(CCCN3CCCCC3)c2c1. The zero-order valence-corrected chi connectivity index (χ0v) is 24.8. The van der Waals surface area contributed by atoms with Crippen LogP contribution in [0.2, 0.25) is 0 Å². The lowest BCUT2D eigenvalue weighted by molar-refractivity contribution is 0.0751. The van der Waals surface area contributed by atoms with Crippen molar-refractivity contribution in [2.24, 2.45) is 0 Å². The van der Waals surface area contributed by atoms with Crippen LogP contribution in [-0.2, 0) is 6.54 Å². The topological polar surface area (TPSA) is 70.5 Å². The normalized spacial score (nSPS) is 14.0. The molecule has 7 nitrogen and oxygen atoms in total. The Bertz CT molecular complexity index is 1240. The quantitative estimate of drug-likeness (QED) is 0.203. The second-order valence-corrected chi connectivity index (χ2v) is 11.0. The first-order chi connectivity index (χ1) is 19.5. The van der Waals surface area contributed by atoms with E-state index in [0.717, 1.165) is 92.1 Å². The number of nitrogens with zero attached hydrogens (tertiary/aromatic N) is 4. The second kappa shape index (κ2) is 15.0. The molecule has 0 unspecified atom stereocenters. The number of carbonyl (C=O) groups is 2. The average molecular weight is 546 g/mol. The van der Waals surface area contributed by atoms with Gasteiger partial charge in [0.05, 0.1) is 11.0 Å². The fraction of sp³-hybridized carbons (Fsp3) is 0.545. The lowest BCUT2D eigenvalue weighted by Gasteiger charge is -2.26. The summed E-state index contributed by atoms with van der Waals surface area (Å²) in [6.07, 6.45) is 9.60. The van der Waals surface area contributed by atoms with E-state index in [-0.39, 0.29) is 11.7 Å². The number of imidazole rings is 1. The minimum atomic E-state index is 0.107. The number of likely N-dealkylation sites (tertiary alicyclic amines) is 1. The molecule has 1 fully saturated rings. The fourth-order valence-corrected chi connectivity index (χ4v) is 5.48. The van der Waals surface area contributed by atoms with Crippen molar-refractivity contribution in [2.45, 2.75) is 85.1 Å². The monoisotopic (exact) mass is 545 g/mol. The van der Waals surface area contributed by atoms with E-state index in [9.17, 15) is 9.59 Å². The minimum absolute atomic E-state index is 0.107. The summed E-state index contributed by atoms with van der Waals surface area (Å²) in [5.74, 6) is 1.01. The Hall–Kier alpha value is -3.19. The standard InChI is InChI=1S/C33H47N5O2/c1-4-7-22-37(23-8-5-2)32(40)27-15-18-29-30(25-27)38(24-12-21-36-19-10-9-11-20-36)33(35-29)34-28-16-13-26(14-17-28)31(39)6-3/h13-18,25H,4-12,19-24H2,1-3H3,(H,34,35). The van der Waals surface area contributed by atoms with Gasteiger partial charge in [-0.3, -0.25) is 9.59 Å². The molecule has 1 amide bonds. The van der Waals surface area contributed by atoms with Gasteiger partial charge < -0.3 is 19.7 Å². The number of carbonyl (C=O) groups excluding carboxylic acids is 2. The predicted molar refractivity (Wildman–Crippen MR) is 165 cm³/mol. The Morgan fingerprint density at radius 3 is 2.17 bits per heavy atom. The van der Waals surface area contributed by atoms with Crippen molar-refractivity contribution in [3.8, 4) is 0 Å². The maximum absolute atomic E-state index is 13.6. The van der Waals surface area contributed by atoms with E-state index in [1.807, 2.05) is 54.3 Å². The van der Waals surface area contributed by atoms with Gasteiger partial charge >= 0.3 is 0 Å². The van der Waals surface area contributed by atoms with Gasteiger partial charge in [0.25, 0.3) is 5.91 Å². The molecule has 2 heterocycles. The summed E-state index contributed by atoms with van der Waals surface area (Å²) in [7, 11) is 0. The summed E-state index contributed by atoms with van der Waals surface area (Å²) in [6.45, 7) is 12.1. The minimum Gasteiger partial charge on any atom is -0.339 e. The number of unbranched alkanes of at least 4 members (excludes halogenated alkanes) is 2. The molecule has 0 bridgehead atoms. The van der Waals surface area contributed by atoms with Gasteiger partial charge in [0, 0.05) is 42.9 Å². The number of aromatic nitrogens is 2. The molecule has 3 aromatic rings. The number of ketones is 1. The molecule has 0 saturated carbocycles. The van der Waals surface area contributed by atoms with Crippen molar-refractivity contribution in [1.82, 2.24) is 19.4 Å². The molecule has 216 valence electrons. The maximum atomic E-state index is 13.6. The number of piperidine rings is 1. The van der Waals surface area contributed by atoms with Gasteiger partial charge in [0.15, 0.2) is 5.78 Å². The molecule has 0 spiro atoms. The van der Waals surface area contributed by atoms with Crippen molar-refractivity contribution in [2.75, 3.05) is 38.0 Å². The van der Waals surface area contributed by atoms with Crippen molar-refractivity contribution in [3.05, 3.63) is 53.6 Å². The third-order valence-corrected chi connectivity index (χ3v) is 7.93. The third-order valence-electron chi connectivity index (χ3n) is 7.93. The second-order valence-electron chi connectivity index (χ2n) is 11.0. The van der Waals surface area contributed by atoms with Gasteiger partial charge in [-0.15, -0.1) is 0 Å². The van der Waals surface area contributed by atoms with Gasteiger partial charge in [0.2, 0.25) is 5.95 Å². The van der Waals surface area contributed by atoms with Gasteiger partial charge in [-0.25, -0.2) is 4.98 Å². The zero-order chi connectivity index (χ0) is 28.3. The number of nitrogens with one attached hydrogen (secondary N) is 1. The molecule has 1 aliphatic heterocycles. The van der Waals surface area contributed by atoms with E-state index < -0.39 is 0 Å². The van der Waals surface area contributed by atoms with E-state index in [1.165, 1.54) is 32.4 Å². The van der Waals surface area contributed by atoms with E-state index in [1.54, 1.807) is 0 Å². The van der Waals surface area contributed by atoms with E-state index in [4.69, 9.17) is 4.98 Å². The lowest BCUT2D eigenvalue weighted by Crippen LogP contribution is -2.33. The maximum Gasteiger partial charge on any atom is 0.253 e. The molecule has 7 heteroatoms. The largest absolute Gasteiger partial charge is 0.339 e. The summed E-state index contributed by atoms with van der Waals surface area (Å²) >= 11 is 0. The molecular formula is C33H47N5O2. The molecule has 1 aliphatic rings. The van der Waals surface area contributed by atoms with Crippen LogP contribution < -0.4 is 5.32 Å². The Morgan fingerprint density at radius 2 is 1.52 bits per heavy atom. The first-order valence-electron chi connectivity index (χ1n) is 15.5. The number of anilines is 2. The number of fused-ring (bicyclic) bond motifs is 1. The number of aryl methyl sites for hydroxylation is 1. The van der Waals surface area contributed by atoms with Crippen LogP contribution in [0, 0.1) is 0 Å². The molecule has 1 saturated heterocycles. The van der Waals surface area contributed by atoms with Crippen LogP contribution in [0.5, 0.6) is 0 Å². The molecule has 0 radical (unpaired) electrons. The fourth-order valence-electron chi connectivity index (χ4n) is 5.48. The smallest absolute Gasteiger partial charge is 0.253 e. The number of hydrogen-bond acceptors (Lipinski definition) is 5. The van der Waals surface area contributed by atoms with Crippen molar-refractivity contribution < 1.29 is 9.59 Å². The number of hydrogen-bond donors (Lipinski definition) is 1. The highest BCUT2D eigenvalue weighted by Gasteiger charge is 2.19. The number of rotatable bonds is 15. The molecule has 4 rings (SSSR count). The highest BCUT2D eigenvalue weighted by atomic mass is 16.2. The van der Waals surface area contributed by atoms with Gasteiger partial charge in [-0.2, -0.15) is 0 Å². The highest BCUT2D eigenvalue weighted by Crippen LogP contribution is 2.26.